The number of hydrogen-bond donors (Lipinski definition) is 0. The first-order valence-corrected chi connectivity index (χ1v) is 10.5. The minimum absolute atomic E-state index is 0.0312. The Morgan fingerprint density at radius 2 is 1.61 bits per heavy atom. The molecular formula is C24H26N4O3. The van der Waals surface area contributed by atoms with Gasteiger partial charge in [-0.1, -0.05) is 18.2 Å². The number of nitrogens with zero attached hydrogens (tertiary/aromatic N) is 4. The van der Waals surface area contributed by atoms with E-state index in [-0.39, 0.29) is 11.9 Å². The fourth-order valence-corrected chi connectivity index (χ4v) is 3.81. The van der Waals surface area contributed by atoms with Crippen LogP contribution >= 0.6 is 0 Å². The fraction of sp³-hybridized carbons (Fsp3) is 0.292. The highest BCUT2D eigenvalue weighted by molar-refractivity contribution is 5.94. The number of carbonyl (C=O) groups is 2. The average Bonchev–Trinajstić information content (AvgIpc) is 3.21. The Balaban J connectivity index is 1.42. The van der Waals surface area contributed by atoms with E-state index in [0.29, 0.717) is 36.5 Å². The van der Waals surface area contributed by atoms with Gasteiger partial charge in [-0.15, -0.1) is 0 Å². The highest BCUT2D eigenvalue weighted by atomic mass is 16.5. The predicted octanol–water partition coefficient (Wildman–Crippen LogP) is 3.32. The second kappa shape index (κ2) is 9.04. The van der Waals surface area contributed by atoms with Gasteiger partial charge in [0.25, 0.3) is 5.91 Å². The van der Waals surface area contributed by atoms with Crippen LogP contribution in [0.3, 0.4) is 0 Å². The maximum Gasteiger partial charge on any atom is 0.341 e. The molecule has 1 aliphatic rings. The second-order valence-corrected chi connectivity index (χ2v) is 7.44. The summed E-state index contributed by atoms with van der Waals surface area (Å²) >= 11 is 0. The zero-order valence-electron chi connectivity index (χ0n) is 17.8. The molecule has 3 aromatic rings. The molecule has 1 aliphatic heterocycles. The van der Waals surface area contributed by atoms with Crippen molar-refractivity contribution in [2.45, 2.75) is 13.8 Å². The van der Waals surface area contributed by atoms with Crippen LogP contribution in [0.4, 0.5) is 5.69 Å². The Hall–Kier alpha value is -3.61. The number of amides is 1. The van der Waals surface area contributed by atoms with Crippen molar-refractivity contribution in [3.05, 3.63) is 77.6 Å². The Kier molecular flexibility index (Phi) is 6.02. The third-order valence-corrected chi connectivity index (χ3v) is 5.55. The van der Waals surface area contributed by atoms with Crippen LogP contribution in [0.5, 0.6) is 0 Å². The summed E-state index contributed by atoms with van der Waals surface area (Å²) in [7, 11) is 0. The number of piperazine rings is 1. The van der Waals surface area contributed by atoms with Gasteiger partial charge in [-0.3, -0.25) is 4.79 Å². The first kappa shape index (κ1) is 20.7. The maximum atomic E-state index is 12.9. The molecule has 7 nitrogen and oxygen atoms in total. The van der Waals surface area contributed by atoms with Crippen LogP contribution in [-0.2, 0) is 4.74 Å². The average molecular weight is 418 g/mol. The summed E-state index contributed by atoms with van der Waals surface area (Å²) in [5, 5.41) is 4.31. The van der Waals surface area contributed by atoms with Gasteiger partial charge in [-0.05, 0) is 50.2 Å². The van der Waals surface area contributed by atoms with E-state index in [9.17, 15) is 9.59 Å². The monoisotopic (exact) mass is 418 g/mol. The molecule has 2 heterocycles. The minimum Gasteiger partial charge on any atom is -0.462 e. The largest absolute Gasteiger partial charge is 0.462 e. The molecule has 160 valence electrons. The summed E-state index contributed by atoms with van der Waals surface area (Å²) < 4.78 is 6.75. The van der Waals surface area contributed by atoms with E-state index in [1.54, 1.807) is 11.6 Å². The van der Waals surface area contributed by atoms with E-state index in [0.717, 1.165) is 18.8 Å². The predicted molar refractivity (Wildman–Crippen MR) is 119 cm³/mol. The number of hydrogen-bond acceptors (Lipinski definition) is 5. The number of carbonyl (C=O) groups excluding carboxylic acids is 2. The lowest BCUT2D eigenvalue weighted by Crippen LogP contribution is -2.48. The maximum absolute atomic E-state index is 12.9. The summed E-state index contributed by atoms with van der Waals surface area (Å²) in [6.07, 6.45) is 1.51. The number of aromatic nitrogens is 2. The third-order valence-electron chi connectivity index (χ3n) is 5.55. The quantitative estimate of drug-likeness (QED) is 0.595. The van der Waals surface area contributed by atoms with Crippen molar-refractivity contribution >= 4 is 17.6 Å². The SMILES string of the molecule is CCOC(=O)c1cnn(-c2ccc(C(=O)N3CCN(c4ccccc4)CC3)cc2)c1C. The lowest BCUT2D eigenvalue weighted by Gasteiger charge is -2.36. The van der Waals surface area contributed by atoms with E-state index in [4.69, 9.17) is 4.74 Å². The molecule has 0 bridgehead atoms. The molecule has 0 radical (unpaired) electrons. The topological polar surface area (TPSA) is 67.7 Å². The Bertz CT molecular complexity index is 1050. The fourth-order valence-electron chi connectivity index (χ4n) is 3.81. The smallest absolute Gasteiger partial charge is 0.341 e. The van der Waals surface area contributed by atoms with Gasteiger partial charge in [0.2, 0.25) is 0 Å². The molecule has 0 N–H and O–H groups in total. The zero-order valence-corrected chi connectivity index (χ0v) is 17.8. The second-order valence-electron chi connectivity index (χ2n) is 7.44. The molecule has 0 spiro atoms. The normalized spacial score (nSPS) is 13.9. The van der Waals surface area contributed by atoms with Crippen molar-refractivity contribution in [1.29, 1.82) is 0 Å². The minimum atomic E-state index is -0.382. The highest BCUT2D eigenvalue weighted by Gasteiger charge is 2.22. The van der Waals surface area contributed by atoms with Crippen molar-refractivity contribution < 1.29 is 14.3 Å². The number of ether oxygens (including phenoxy) is 1. The van der Waals surface area contributed by atoms with Crippen LogP contribution in [0, 0.1) is 6.92 Å². The van der Waals surface area contributed by atoms with Crippen molar-refractivity contribution in [2.75, 3.05) is 37.7 Å². The first-order valence-electron chi connectivity index (χ1n) is 10.5. The van der Waals surface area contributed by atoms with E-state index in [1.165, 1.54) is 11.9 Å². The van der Waals surface area contributed by atoms with Gasteiger partial charge in [0.05, 0.1) is 24.2 Å². The molecule has 1 saturated heterocycles. The molecular weight excluding hydrogens is 392 g/mol. The van der Waals surface area contributed by atoms with Crippen LogP contribution in [0.15, 0.2) is 60.8 Å². The first-order chi connectivity index (χ1) is 15.1. The summed E-state index contributed by atoms with van der Waals surface area (Å²) in [4.78, 5) is 29.2. The number of para-hydroxylation sites is 1. The molecule has 1 fully saturated rings. The molecule has 1 amide bonds. The molecule has 4 rings (SSSR count). The third kappa shape index (κ3) is 4.30. The van der Waals surface area contributed by atoms with Crippen LogP contribution < -0.4 is 4.90 Å². The number of benzene rings is 2. The molecule has 0 aliphatic carbocycles. The molecule has 1 aromatic heterocycles. The van der Waals surface area contributed by atoms with E-state index in [2.05, 4.69) is 22.1 Å². The van der Waals surface area contributed by atoms with Gasteiger partial charge in [0, 0.05) is 37.4 Å². The van der Waals surface area contributed by atoms with Gasteiger partial charge < -0.3 is 14.5 Å². The lowest BCUT2D eigenvalue weighted by molar-refractivity contribution is 0.0525. The van der Waals surface area contributed by atoms with E-state index >= 15 is 0 Å². The van der Waals surface area contributed by atoms with Crippen LogP contribution in [-0.4, -0.2) is 59.3 Å². The van der Waals surface area contributed by atoms with Crippen molar-refractivity contribution in [2.24, 2.45) is 0 Å². The molecule has 0 saturated carbocycles. The highest BCUT2D eigenvalue weighted by Crippen LogP contribution is 2.19. The summed E-state index contributed by atoms with van der Waals surface area (Å²) in [5.41, 5.74) is 3.77. The Morgan fingerprint density at radius 3 is 2.26 bits per heavy atom. The molecule has 2 aromatic carbocycles. The summed E-state index contributed by atoms with van der Waals surface area (Å²) in [6, 6.07) is 17.6. The molecule has 31 heavy (non-hydrogen) atoms. The summed E-state index contributed by atoms with van der Waals surface area (Å²) in [5.74, 6) is -0.351. The molecule has 0 atom stereocenters. The van der Waals surface area contributed by atoms with Gasteiger partial charge >= 0.3 is 5.97 Å². The molecule has 0 unspecified atom stereocenters. The zero-order chi connectivity index (χ0) is 21.8. The Morgan fingerprint density at radius 1 is 0.935 bits per heavy atom. The Labute approximate surface area is 181 Å². The molecule has 7 heteroatoms. The van der Waals surface area contributed by atoms with Gasteiger partial charge in [-0.2, -0.15) is 5.10 Å². The van der Waals surface area contributed by atoms with Gasteiger partial charge in [0.1, 0.15) is 5.56 Å². The number of anilines is 1. The number of esters is 1. The standard InChI is InChI=1S/C24H26N4O3/c1-3-31-24(30)22-17-25-28(18(22)2)21-11-9-19(10-12-21)23(29)27-15-13-26(14-16-27)20-7-5-4-6-8-20/h4-12,17H,3,13-16H2,1-2H3. The van der Waals surface area contributed by atoms with Crippen LogP contribution in [0.25, 0.3) is 5.69 Å². The van der Waals surface area contributed by atoms with E-state index < -0.39 is 0 Å². The number of rotatable bonds is 5. The van der Waals surface area contributed by atoms with Gasteiger partial charge in [-0.25, -0.2) is 9.48 Å². The van der Waals surface area contributed by atoms with Crippen molar-refractivity contribution in [3.63, 3.8) is 0 Å². The van der Waals surface area contributed by atoms with Crippen LogP contribution in [0.1, 0.15) is 33.3 Å². The van der Waals surface area contributed by atoms with Gasteiger partial charge in [0.15, 0.2) is 0 Å². The van der Waals surface area contributed by atoms with E-state index in [1.807, 2.05) is 54.3 Å². The van der Waals surface area contributed by atoms with Crippen LogP contribution in [0.2, 0.25) is 0 Å². The van der Waals surface area contributed by atoms with Crippen molar-refractivity contribution in [3.8, 4) is 5.69 Å². The summed E-state index contributed by atoms with van der Waals surface area (Å²) in [6.45, 7) is 6.93. The lowest BCUT2D eigenvalue weighted by atomic mass is 10.1. The van der Waals surface area contributed by atoms with Crippen molar-refractivity contribution in [1.82, 2.24) is 14.7 Å².